The summed E-state index contributed by atoms with van der Waals surface area (Å²) in [5, 5.41) is 19.2. The maximum absolute atomic E-state index is 12.0. The number of hydrogen-bond donors (Lipinski definition) is 2. The van der Waals surface area contributed by atoms with Crippen LogP contribution in [0.15, 0.2) is 36.5 Å². The molecule has 0 saturated heterocycles. The first-order valence-electron chi connectivity index (χ1n) is 18.2. The van der Waals surface area contributed by atoms with Gasteiger partial charge in [0.15, 0.2) is 0 Å². The zero-order valence-corrected chi connectivity index (χ0v) is 30.0. The molecule has 0 fully saturated rings. The Morgan fingerprint density at radius 2 is 1.13 bits per heavy atom. The highest BCUT2D eigenvalue weighted by molar-refractivity contribution is 5.70. The van der Waals surface area contributed by atoms with Crippen molar-refractivity contribution < 1.29 is 38.5 Å². The molecule has 0 amide bonds. The predicted octanol–water partition coefficient (Wildman–Crippen LogP) is 8.53. The normalized spacial score (nSPS) is 13.7. The average molecular weight is 653 g/mol. The molecule has 0 aromatic carbocycles. The number of nitrogens with zero attached hydrogens (tertiary/aromatic N) is 1. The number of aliphatic hydroxyl groups is 1. The van der Waals surface area contributed by atoms with E-state index >= 15 is 0 Å². The van der Waals surface area contributed by atoms with Gasteiger partial charge in [-0.15, -0.1) is 0 Å². The molecule has 0 rings (SSSR count). The molecular weight excluding hydrogens is 582 g/mol. The van der Waals surface area contributed by atoms with E-state index in [0.717, 1.165) is 32.1 Å². The number of quaternary nitrogens is 1. The molecule has 0 aromatic rings. The van der Waals surface area contributed by atoms with Crippen LogP contribution in [-0.4, -0.2) is 86.5 Å². The molecule has 268 valence electrons. The molecule has 0 aliphatic carbocycles. The summed E-state index contributed by atoms with van der Waals surface area (Å²) in [5.41, 5.74) is 0. The molecule has 0 spiro atoms. The van der Waals surface area contributed by atoms with Crippen LogP contribution in [0.25, 0.3) is 0 Å². The van der Waals surface area contributed by atoms with Crippen molar-refractivity contribution in [3.8, 4) is 0 Å². The van der Waals surface area contributed by atoms with Crippen LogP contribution in [0.2, 0.25) is 0 Å². The van der Waals surface area contributed by atoms with Gasteiger partial charge in [0.05, 0.1) is 34.4 Å². The smallest absolute Gasteiger partial charge is 0.361 e. The predicted molar refractivity (Wildman–Crippen MR) is 189 cm³/mol. The van der Waals surface area contributed by atoms with Crippen molar-refractivity contribution in [2.45, 2.75) is 148 Å². The molecule has 46 heavy (non-hydrogen) atoms. The van der Waals surface area contributed by atoms with E-state index in [2.05, 4.69) is 43.4 Å². The number of esters is 1. The Morgan fingerprint density at radius 3 is 1.63 bits per heavy atom. The number of likely N-dealkylation sites (N-methyl/N-ethyl adjacent to an activating group) is 1. The van der Waals surface area contributed by atoms with Crippen LogP contribution < -0.4 is 0 Å². The largest absolute Gasteiger partial charge is 0.477 e. The van der Waals surface area contributed by atoms with E-state index in [1.807, 2.05) is 21.1 Å². The number of carbonyl (C=O) groups excluding carboxylic acids is 1. The summed E-state index contributed by atoms with van der Waals surface area (Å²) in [6.45, 7) is 2.57. The van der Waals surface area contributed by atoms with Gasteiger partial charge in [0, 0.05) is 6.42 Å². The summed E-state index contributed by atoms with van der Waals surface area (Å²) in [6.07, 6.45) is 34.6. The molecule has 0 radical (unpaired) electrons. The van der Waals surface area contributed by atoms with Gasteiger partial charge in [-0.2, -0.15) is 0 Å². The molecule has 2 atom stereocenters. The lowest BCUT2D eigenvalue weighted by molar-refractivity contribution is -0.870. The SMILES string of the molecule is CCCCCCC/C=C\C/C=C\C/C=C\CCCCCCCCCCCCC(=O)OCC(O)COC(OCC[N+](C)(C)C)C(=O)O. The third-order valence-corrected chi connectivity index (χ3v) is 7.63. The first kappa shape index (κ1) is 44.0. The van der Waals surface area contributed by atoms with Crippen molar-refractivity contribution in [2.75, 3.05) is 47.5 Å². The van der Waals surface area contributed by atoms with E-state index in [4.69, 9.17) is 14.2 Å². The van der Waals surface area contributed by atoms with Crippen LogP contribution in [0.3, 0.4) is 0 Å². The quantitative estimate of drug-likeness (QED) is 0.0241. The number of ether oxygens (including phenoxy) is 3. The van der Waals surface area contributed by atoms with E-state index in [1.54, 1.807) is 0 Å². The molecule has 2 unspecified atom stereocenters. The number of allylic oxidation sites excluding steroid dienone is 6. The summed E-state index contributed by atoms with van der Waals surface area (Å²) in [7, 11) is 5.91. The van der Waals surface area contributed by atoms with Crippen LogP contribution in [0.5, 0.6) is 0 Å². The minimum absolute atomic E-state index is 0.209. The van der Waals surface area contributed by atoms with Crippen LogP contribution >= 0.6 is 0 Å². The highest BCUT2D eigenvalue weighted by atomic mass is 16.7. The third-order valence-electron chi connectivity index (χ3n) is 7.63. The number of hydrogen-bond acceptors (Lipinski definition) is 6. The van der Waals surface area contributed by atoms with E-state index in [-0.39, 0.29) is 25.8 Å². The molecule has 0 bridgehead atoms. The molecule has 0 aliphatic rings. The highest BCUT2D eigenvalue weighted by Crippen LogP contribution is 2.13. The fourth-order valence-electron chi connectivity index (χ4n) is 4.72. The van der Waals surface area contributed by atoms with Crippen molar-refractivity contribution in [1.29, 1.82) is 0 Å². The fraction of sp³-hybridized carbons (Fsp3) is 0.789. The van der Waals surface area contributed by atoms with E-state index < -0.39 is 18.4 Å². The molecular formula is C38H70NO7+. The molecule has 8 heteroatoms. The first-order valence-corrected chi connectivity index (χ1v) is 18.2. The second kappa shape index (κ2) is 31.6. The molecule has 0 heterocycles. The zero-order chi connectivity index (χ0) is 34.1. The van der Waals surface area contributed by atoms with Crippen LogP contribution in [0.1, 0.15) is 135 Å². The standard InChI is InChI=1S/C38H69NO7/c1-5-6-7-8-9-10-11-12-13-14-15-16-17-18-19-20-21-22-23-24-25-26-27-28-29-30-36(41)45-33-35(40)34-46-38(37(42)43)44-32-31-39(2,3)4/h11-12,14-15,17-18,35,38,40H,5-10,13,16,19-34H2,1-4H3/p+1/b12-11-,15-14-,18-17-. The van der Waals surface area contributed by atoms with E-state index in [0.29, 0.717) is 17.4 Å². The fourth-order valence-corrected chi connectivity index (χ4v) is 4.72. The maximum Gasteiger partial charge on any atom is 0.361 e. The third kappa shape index (κ3) is 33.4. The molecule has 0 aromatic heterocycles. The maximum atomic E-state index is 12.0. The summed E-state index contributed by atoms with van der Waals surface area (Å²) in [4.78, 5) is 23.2. The summed E-state index contributed by atoms with van der Waals surface area (Å²) in [6, 6.07) is 0. The van der Waals surface area contributed by atoms with Gasteiger partial charge in [0.25, 0.3) is 6.29 Å². The van der Waals surface area contributed by atoms with E-state index in [1.165, 1.54) is 89.9 Å². The molecule has 2 N–H and O–H groups in total. The number of carbonyl (C=O) groups is 2. The van der Waals surface area contributed by atoms with Gasteiger partial charge in [-0.3, -0.25) is 4.79 Å². The van der Waals surface area contributed by atoms with Crippen molar-refractivity contribution >= 4 is 11.9 Å². The van der Waals surface area contributed by atoms with E-state index in [9.17, 15) is 19.8 Å². The first-order chi connectivity index (χ1) is 22.2. The Hall–Kier alpha value is -2.00. The van der Waals surface area contributed by atoms with Crippen LogP contribution in [0.4, 0.5) is 0 Å². The topological polar surface area (TPSA) is 102 Å². The Bertz CT molecular complexity index is 803. The van der Waals surface area contributed by atoms with Gasteiger partial charge < -0.3 is 28.9 Å². The molecule has 8 nitrogen and oxygen atoms in total. The Morgan fingerprint density at radius 1 is 0.652 bits per heavy atom. The lowest BCUT2D eigenvalue weighted by atomic mass is 10.1. The Balaban J connectivity index is 3.54. The monoisotopic (exact) mass is 653 g/mol. The zero-order valence-electron chi connectivity index (χ0n) is 30.0. The number of unbranched alkanes of at least 4 members (excludes halogenated alkanes) is 15. The van der Waals surface area contributed by atoms with Crippen molar-refractivity contribution in [3.63, 3.8) is 0 Å². The second-order valence-corrected chi connectivity index (χ2v) is 13.4. The Labute approximate surface area is 281 Å². The number of aliphatic hydroxyl groups excluding tert-OH is 1. The molecule has 0 aliphatic heterocycles. The summed E-state index contributed by atoms with van der Waals surface area (Å²) >= 11 is 0. The Kier molecular flexibility index (Phi) is 30.2. The van der Waals surface area contributed by atoms with Crippen molar-refractivity contribution in [1.82, 2.24) is 0 Å². The van der Waals surface area contributed by atoms with Crippen molar-refractivity contribution in [2.24, 2.45) is 0 Å². The highest BCUT2D eigenvalue weighted by Gasteiger charge is 2.22. The van der Waals surface area contributed by atoms with Gasteiger partial charge in [-0.1, -0.05) is 120 Å². The average Bonchev–Trinajstić information content (AvgIpc) is 3.00. The summed E-state index contributed by atoms with van der Waals surface area (Å²) < 4.78 is 16.1. The number of carboxylic acids is 1. The summed E-state index contributed by atoms with van der Waals surface area (Å²) in [5.74, 6) is -1.61. The van der Waals surface area contributed by atoms with Crippen LogP contribution in [-0.2, 0) is 23.8 Å². The number of carboxylic acid groups (broad SMARTS) is 1. The second-order valence-electron chi connectivity index (χ2n) is 13.4. The van der Waals surface area contributed by atoms with Gasteiger partial charge in [-0.05, 0) is 44.9 Å². The lowest BCUT2D eigenvalue weighted by Gasteiger charge is -2.24. The number of rotatable bonds is 33. The van der Waals surface area contributed by atoms with Gasteiger partial charge in [-0.25, -0.2) is 4.79 Å². The van der Waals surface area contributed by atoms with Crippen LogP contribution in [0, 0.1) is 0 Å². The van der Waals surface area contributed by atoms with Gasteiger partial charge in [0.1, 0.15) is 19.3 Å². The minimum Gasteiger partial charge on any atom is -0.477 e. The molecule has 0 saturated carbocycles. The lowest BCUT2D eigenvalue weighted by Crippen LogP contribution is -2.40. The van der Waals surface area contributed by atoms with Gasteiger partial charge in [0.2, 0.25) is 0 Å². The minimum atomic E-state index is -1.46. The van der Waals surface area contributed by atoms with Gasteiger partial charge >= 0.3 is 11.9 Å². The van der Waals surface area contributed by atoms with Crippen molar-refractivity contribution in [3.05, 3.63) is 36.5 Å². The number of aliphatic carboxylic acids is 1.